The van der Waals surface area contributed by atoms with Crippen LogP contribution in [0.25, 0.3) is 0 Å². The molecular weight excluding hydrogens is 198 g/mol. The van der Waals surface area contributed by atoms with E-state index >= 15 is 0 Å². The molecule has 0 aromatic heterocycles. The minimum absolute atomic E-state index is 0.0685. The third kappa shape index (κ3) is 3.87. The van der Waals surface area contributed by atoms with Crippen LogP contribution in [0.5, 0.6) is 0 Å². The summed E-state index contributed by atoms with van der Waals surface area (Å²) in [6, 6.07) is 0. The highest BCUT2D eigenvalue weighted by atomic mass is 32.2. The van der Waals surface area contributed by atoms with Crippen molar-refractivity contribution in [2.24, 2.45) is 0 Å². The first-order valence-corrected chi connectivity index (χ1v) is 5.49. The standard InChI is InChI=1S/C10H15NO2S/c1-3-4-9-5-6-11-10(12)7-13-8(2)14-9/h5H,2-4,6-7H2,1H3,(H,11,12)/b9-5-. The third-order valence-corrected chi connectivity index (χ3v) is 2.71. The van der Waals surface area contributed by atoms with Crippen LogP contribution in [0.15, 0.2) is 22.7 Å². The Balaban J connectivity index is 2.60. The molecule has 0 saturated heterocycles. The van der Waals surface area contributed by atoms with Crippen molar-refractivity contribution in [3.63, 3.8) is 0 Å². The van der Waals surface area contributed by atoms with Crippen LogP contribution in [0.1, 0.15) is 19.8 Å². The number of hydrogen-bond acceptors (Lipinski definition) is 3. The van der Waals surface area contributed by atoms with Gasteiger partial charge in [-0.15, -0.1) is 0 Å². The Bertz CT molecular complexity index is 261. The molecule has 0 atom stereocenters. The van der Waals surface area contributed by atoms with E-state index in [4.69, 9.17) is 4.74 Å². The Morgan fingerprint density at radius 1 is 1.71 bits per heavy atom. The molecule has 78 valence electrons. The van der Waals surface area contributed by atoms with E-state index in [9.17, 15) is 4.79 Å². The van der Waals surface area contributed by atoms with Crippen LogP contribution in [-0.2, 0) is 9.53 Å². The lowest BCUT2D eigenvalue weighted by Gasteiger charge is -2.07. The van der Waals surface area contributed by atoms with Gasteiger partial charge >= 0.3 is 0 Å². The molecule has 0 spiro atoms. The number of ether oxygens (including phenoxy) is 1. The van der Waals surface area contributed by atoms with Crippen molar-refractivity contribution in [2.45, 2.75) is 19.8 Å². The molecule has 0 aromatic rings. The van der Waals surface area contributed by atoms with Gasteiger partial charge in [-0.1, -0.05) is 31.2 Å². The first-order valence-electron chi connectivity index (χ1n) is 4.67. The van der Waals surface area contributed by atoms with Crippen molar-refractivity contribution in [3.8, 4) is 0 Å². The number of nitrogens with one attached hydrogen (secondary N) is 1. The monoisotopic (exact) mass is 213 g/mol. The second-order valence-electron chi connectivity index (χ2n) is 2.99. The van der Waals surface area contributed by atoms with E-state index in [0.717, 1.165) is 12.8 Å². The normalized spacial score (nSPS) is 22.2. The van der Waals surface area contributed by atoms with Gasteiger partial charge in [-0.3, -0.25) is 4.79 Å². The maximum atomic E-state index is 11.1. The van der Waals surface area contributed by atoms with Gasteiger partial charge in [-0.25, -0.2) is 0 Å². The Morgan fingerprint density at radius 3 is 3.21 bits per heavy atom. The highest BCUT2D eigenvalue weighted by molar-refractivity contribution is 8.06. The van der Waals surface area contributed by atoms with E-state index in [1.807, 2.05) is 6.08 Å². The lowest BCUT2D eigenvalue weighted by molar-refractivity contribution is -0.123. The zero-order valence-electron chi connectivity index (χ0n) is 8.34. The Morgan fingerprint density at radius 2 is 2.50 bits per heavy atom. The lowest BCUT2D eigenvalue weighted by Crippen LogP contribution is -2.26. The zero-order chi connectivity index (χ0) is 10.4. The number of carbonyl (C=O) groups is 1. The topological polar surface area (TPSA) is 38.3 Å². The fourth-order valence-electron chi connectivity index (χ4n) is 1.09. The molecule has 0 fully saturated rings. The molecule has 1 aliphatic rings. The van der Waals surface area contributed by atoms with E-state index in [-0.39, 0.29) is 12.5 Å². The predicted octanol–water partition coefficient (Wildman–Crippen LogP) is 2.02. The molecule has 3 nitrogen and oxygen atoms in total. The van der Waals surface area contributed by atoms with Crippen LogP contribution in [0.2, 0.25) is 0 Å². The molecule has 0 aliphatic carbocycles. The number of rotatable bonds is 2. The van der Waals surface area contributed by atoms with Crippen LogP contribution in [0.4, 0.5) is 0 Å². The lowest BCUT2D eigenvalue weighted by atomic mass is 10.3. The molecule has 0 radical (unpaired) electrons. The minimum Gasteiger partial charge on any atom is -0.478 e. The summed E-state index contributed by atoms with van der Waals surface area (Å²) in [5.74, 6) is -0.0965. The van der Waals surface area contributed by atoms with Crippen molar-refractivity contribution >= 4 is 17.7 Å². The second-order valence-corrected chi connectivity index (χ2v) is 4.17. The highest BCUT2D eigenvalue weighted by Gasteiger charge is 2.08. The molecule has 1 amide bonds. The Labute approximate surface area is 88.6 Å². The molecule has 1 N–H and O–H groups in total. The number of carbonyl (C=O) groups excluding carboxylic acids is 1. The SMILES string of the molecule is C=C1OCC(=O)NC/C=C(/CCC)S1. The van der Waals surface area contributed by atoms with E-state index in [2.05, 4.69) is 18.8 Å². The maximum Gasteiger partial charge on any atom is 0.258 e. The molecule has 0 saturated carbocycles. The van der Waals surface area contributed by atoms with Crippen LogP contribution >= 0.6 is 11.8 Å². The van der Waals surface area contributed by atoms with Gasteiger partial charge in [0.1, 0.15) is 0 Å². The molecule has 1 aliphatic heterocycles. The van der Waals surface area contributed by atoms with Gasteiger partial charge in [-0.05, 0) is 17.9 Å². The molecular formula is C10H15NO2S. The van der Waals surface area contributed by atoms with Gasteiger partial charge in [0.2, 0.25) is 0 Å². The fraction of sp³-hybridized carbons (Fsp3) is 0.500. The van der Waals surface area contributed by atoms with Crippen molar-refractivity contribution in [3.05, 3.63) is 22.7 Å². The molecule has 14 heavy (non-hydrogen) atoms. The van der Waals surface area contributed by atoms with Crippen molar-refractivity contribution < 1.29 is 9.53 Å². The van der Waals surface area contributed by atoms with E-state index < -0.39 is 0 Å². The highest BCUT2D eigenvalue weighted by Crippen LogP contribution is 2.28. The van der Waals surface area contributed by atoms with Crippen LogP contribution in [-0.4, -0.2) is 19.1 Å². The average molecular weight is 213 g/mol. The van der Waals surface area contributed by atoms with Gasteiger partial charge in [0.15, 0.2) is 11.7 Å². The van der Waals surface area contributed by atoms with Crippen molar-refractivity contribution in [2.75, 3.05) is 13.2 Å². The zero-order valence-corrected chi connectivity index (χ0v) is 9.15. The number of thioether (sulfide) groups is 1. The minimum atomic E-state index is -0.0965. The molecule has 1 rings (SSSR count). The van der Waals surface area contributed by atoms with Gasteiger partial charge in [0.25, 0.3) is 5.91 Å². The van der Waals surface area contributed by atoms with E-state index in [0.29, 0.717) is 11.6 Å². The molecule has 1 heterocycles. The maximum absolute atomic E-state index is 11.1. The quantitative estimate of drug-likeness (QED) is 0.762. The first kappa shape index (κ1) is 11.2. The van der Waals surface area contributed by atoms with Gasteiger partial charge < -0.3 is 10.1 Å². The summed E-state index contributed by atoms with van der Waals surface area (Å²) < 4.78 is 5.17. The van der Waals surface area contributed by atoms with Crippen molar-refractivity contribution in [1.82, 2.24) is 5.32 Å². The van der Waals surface area contributed by atoms with Crippen molar-refractivity contribution in [1.29, 1.82) is 0 Å². The van der Waals surface area contributed by atoms with Crippen LogP contribution < -0.4 is 5.32 Å². The van der Waals surface area contributed by atoms with Crippen LogP contribution in [0.3, 0.4) is 0 Å². The summed E-state index contributed by atoms with van der Waals surface area (Å²) in [6.07, 6.45) is 4.11. The van der Waals surface area contributed by atoms with Gasteiger partial charge in [-0.2, -0.15) is 0 Å². The molecule has 0 aromatic carbocycles. The smallest absolute Gasteiger partial charge is 0.258 e. The second kappa shape index (κ2) is 5.75. The van der Waals surface area contributed by atoms with Gasteiger partial charge in [0, 0.05) is 6.54 Å². The van der Waals surface area contributed by atoms with Gasteiger partial charge in [0.05, 0.1) is 0 Å². The molecule has 4 heteroatoms. The summed E-state index contributed by atoms with van der Waals surface area (Å²) in [5.41, 5.74) is 0. The first-order chi connectivity index (χ1) is 6.72. The molecule has 0 unspecified atom stereocenters. The number of hydrogen-bond donors (Lipinski definition) is 1. The summed E-state index contributed by atoms with van der Waals surface area (Å²) >= 11 is 1.51. The summed E-state index contributed by atoms with van der Waals surface area (Å²) in [6.45, 7) is 6.52. The number of amides is 1. The largest absolute Gasteiger partial charge is 0.478 e. The van der Waals surface area contributed by atoms with E-state index in [1.165, 1.54) is 16.7 Å². The summed E-state index contributed by atoms with van der Waals surface area (Å²) in [4.78, 5) is 12.3. The summed E-state index contributed by atoms with van der Waals surface area (Å²) in [7, 11) is 0. The average Bonchev–Trinajstić information content (AvgIpc) is 2.20. The van der Waals surface area contributed by atoms with E-state index in [1.54, 1.807) is 0 Å². The Hall–Kier alpha value is -0.900. The molecule has 0 bridgehead atoms. The fourth-order valence-corrected chi connectivity index (χ4v) is 1.98. The third-order valence-electron chi connectivity index (χ3n) is 1.73. The summed E-state index contributed by atoms with van der Waals surface area (Å²) in [5, 5.41) is 3.34. The van der Waals surface area contributed by atoms with Crippen LogP contribution in [0, 0.1) is 0 Å². The predicted molar refractivity (Wildman–Crippen MR) is 58.7 cm³/mol. The Kier molecular flexibility index (Phi) is 4.59. The number of allylic oxidation sites excluding steroid dienone is 1.